The number of nitrogens with zero attached hydrogens (tertiary/aromatic N) is 2. The molecule has 0 bridgehead atoms. The number of hydrogen-bond donors (Lipinski definition) is 2. The third-order valence-electron chi connectivity index (χ3n) is 3.62. The first-order valence-corrected chi connectivity index (χ1v) is 7.80. The van der Waals surface area contributed by atoms with Crippen molar-refractivity contribution in [1.29, 1.82) is 0 Å². The Bertz CT molecular complexity index is 1040. The predicted molar refractivity (Wildman–Crippen MR) is 91.0 cm³/mol. The number of thiophene rings is 1. The summed E-state index contributed by atoms with van der Waals surface area (Å²) in [5.41, 5.74) is 0.513. The Morgan fingerprint density at radius 3 is 2.71 bits per heavy atom. The summed E-state index contributed by atoms with van der Waals surface area (Å²) >= 11 is 1.10. The number of aryl methyl sites for hydroxylation is 2. The summed E-state index contributed by atoms with van der Waals surface area (Å²) in [7, 11) is 1.59. The summed E-state index contributed by atoms with van der Waals surface area (Å²) in [6, 6.07) is 6.14. The highest BCUT2D eigenvalue weighted by Crippen LogP contribution is 2.28. The molecule has 2 N–H and O–H groups in total. The normalized spacial score (nSPS) is 10.8. The van der Waals surface area contributed by atoms with Crippen molar-refractivity contribution in [1.82, 2.24) is 9.55 Å². The Hall–Kier alpha value is -3.00. The van der Waals surface area contributed by atoms with E-state index in [-0.39, 0.29) is 16.8 Å². The number of carbonyl (C=O) groups is 2. The van der Waals surface area contributed by atoms with Gasteiger partial charge in [-0.05, 0) is 24.6 Å². The van der Waals surface area contributed by atoms with Crippen LogP contribution in [-0.4, -0.2) is 26.5 Å². The van der Waals surface area contributed by atoms with Gasteiger partial charge in [0.25, 0.3) is 11.5 Å². The van der Waals surface area contributed by atoms with E-state index < -0.39 is 11.9 Å². The molecule has 0 spiro atoms. The van der Waals surface area contributed by atoms with Gasteiger partial charge >= 0.3 is 5.97 Å². The van der Waals surface area contributed by atoms with Crippen LogP contribution in [0.2, 0.25) is 0 Å². The molecule has 3 aromatic rings. The number of benzene rings is 1. The van der Waals surface area contributed by atoms with Crippen LogP contribution in [0.3, 0.4) is 0 Å². The summed E-state index contributed by atoms with van der Waals surface area (Å²) in [5, 5.41) is 12.2. The molecule has 122 valence electrons. The second kappa shape index (κ2) is 5.89. The standard InChI is InChI=1S/C16H13N3O4S/c1-8-11-14(17-7-19(2)15(11)21)24-12(8)13(20)18-10-6-4-3-5-9(10)16(22)23/h3-7H,1-2H3,(H,18,20)(H,22,23). The minimum absolute atomic E-state index is 0.00125. The third kappa shape index (κ3) is 2.56. The highest BCUT2D eigenvalue weighted by atomic mass is 32.1. The first-order valence-electron chi connectivity index (χ1n) is 6.98. The second-order valence-corrected chi connectivity index (χ2v) is 6.20. The number of anilines is 1. The van der Waals surface area contributed by atoms with Crippen molar-refractivity contribution in [3.8, 4) is 0 Å². The van der Waals surface area contributed by atoms with Crippen LogP contribution in [0.1, 0.15) is 25.6 Å². The molecule has 24 heavy (non-hydrogen) atoms. The molecule has 3 rings (SSSR count). The lowest BCUT2D eigenvalue weighted by Gasteiger charge is -2.07. The number of carboxylic acid groups (broad SMARTS) is 1. The van der Waals surface area contributed by atoms with Crippen molar-refractivity contribution in [3.05, 3.63) is 57.0 Å². The molecule has 7 nitrogen and oxygen atoms in total. The highest BCUT2D eigenvalue weighted by Gasteiger charge is 2.20. The highest BCUT2D eigenvalue weighted by molar-refractivity contribution is 7.20. The zero-order chi connectivity index (χ0) is 17.4. The first kappa shape index (κ1) is 15.9. The average Bonchev–Trinajstić information content (AvgIpc) is 2.89. The van der Waals surface area contributed by atoms with E-state index in [9.17, 15) is 19.5 Å². The van der Waals surface area contributed by atoms with Gasteiger partial charge in [0.15, 0.2) is 0 Å². The van der Waals surface area contributed by atoms with E-state index in [0.29, 0.717) is 20.7 Å². The summed E-state index contributed by atoms with van der Waals surface area (Å²) in [4.78, 5) is 41.0. The Labute approximate surface area is 140 Å². The van der Waals surface area contributed by atoms with Crippen LogP contribution in [0.5, 0.6) is 0 Å². The number of nitrogens with one attached hydrogen (secondary N) is 1. The topological polar surface area (TPSA) is 101 Å². The molecule has 0 aliphatic rings. The summed E-state index contributed by atoms with van der Waals surface area (Å²) in [6.07, 6.45) is 1.40. The zero-order valence-electron chi connectivity index (χ0n) is 12.9. The van der Waals surface area contributed by atoms with Crippen LogP contribution in [0, 0.1) is 6.92 Å². The number of hydrogen-bond acceptors (Lipinski definition) is 5. The molecule has 0 radical (unpaired) electrons. The molecule has 1 aromatic carbocycles. The van der Waals surface area contributed by atoms with E-state index in [0.717, 1.165) is 11.3 Å². The number of aromatic carboxylic acids is 1. The van der Waals surface area contributed by atoms with Gasteiger partial charge in [0, 0.05) is 7.05 Å². The summed E-state index contributed by atoms with van der Waals surface area (Å²) < 4.78 is 1.35. The van der Waals surface area contributed by atoms with E-state index in [1.807, 2.05) is 0 Å². The van der Waals surface area contributed by atoms with Crippen molar-refractivity contribution in [3.63, 3.8) is 0 Å². The Morgan fingerprint density at radius 2 is 2.00 bits per heavy atom. The van der Waals surface area contributed by atoms with Gasteiger partial charge < -0.3 is 15.0 Å². The third-order valence-corrected chi connectivity index (χ3v) is 4.82. The first-order chi connectivity index (χ1) is 11.4. The molecule has 0 unspecified atom stereocenters. The minimum Gasteiger partial charge on any atom is -0.478 e. The number of para-hydroxylation sites is 1. The Morgan fingerprint density at radius 1 is 1.29 bits per heavy atom. The molecule has 1 amide bonds. The SMILES string of the molecule is Cc1c(C(=O)Nc2ccccc2C(=O)O)sc2ncn(C)c(=O)c12. The maximum Gasteiger partial charge on any atom is 0.337 e. The van der Waals surface area contributed by atoms with Crippen molar-refractivity contribution in [2.75, 3.05) is 5.32 Å². The second-order valence-electron chi connectivity index (χ2n) is 5.20. The van der Waals surface area contributed by atoms with Crippen molar-refractivity contribution < 1.29 is 14.7 Å². The van der Waals surface area contributed by atoms with E-state index >= 15 is 0 Å². The van der Waals surface area contributed by atoms with Gasteiger partial charge in [0.2, 0.25) is 0 Å². The molecule has 0 fully saturated rings. The molecule has 2 aromatic heterocycles. The lowest BCUT2D eigenvalue weighted by Crippen LogP contribution is -2.17. The molecule has 0 aliphatic carbocycles. The summed E-state index contributed by atoms with van der Waals surface area (Å²) in [5.74, 6) is -1.60. The maximum absolute atomic E-state index is 12.5. The lowest BCUT2D eigenvalue weighted by molar-refractivity contribution is 0.0698. The lowest BCUT2D eigenvalue weighted by atomic mass is 10.1. The molecular weight excluding hydrogens is 330 g/mol. The minimum atomic E-state index is -1.13. The number of carbonyl (C=O) groups excluding carboxylic acids is 1. The van der Waals surface area contributed by atoms with Crippen LogP contribution in [0.4, 0.5) is 5.69 Å². The molecule has 2 heterocycles. The zero-order valence-corrected chi connectivity index (χ0v) is 13.7. The van der Waals surface area contributed by atoms with Crippen LogP contribution in [-0.2, 0) is 7.05 Å². The van der Waals surface area contributed by atoms with E-state index in [2.05, 4.69) is 10.3 Å². The Kier molecular flexibility index (Phi) is 3.90. The van der Waals surface area contributed by atoms with E-state index in [1.54, 1.807) is 26.1 Å². The van der Waals surface area contributed by atoms with Gasteiger partial charge in [0.05, 0.1) is 27.8 Å². The van der Waals surface area contributed by atoms with Crippen LogP contribution in [0.25, 0.3) is 10.2 Å². The number of fused-ring (bicyclic) bond motifs is 1. The van der Waals surface area contributed by atoms with E-state index in [1.165, 1.54) is 23.0 Å². The largest absolute Gasteiger partial charge is 0.478 e. The smallest absolute Gasteiger partial charge is 0.337 e. The van der Waals surface area contributed by atoms with Crippen molar-refractivity contribution >= 4 is 39.1 Å². The summed E-state index contributed by atoms with van der Waals surface area (Å²) in [6.45, 7) is 1.68. The van der Waals surface area contributed by atoms with Gasteiger partial charge in [0.1, 0.15) is 4.83 Å². The number of amides is 1. The molecule has 0 atom stereocenters. The Balaban J connectivity index is 2.05. The van der Waals surface area contributed by atoms with Gasteiger partial charge in [-0.2, -0.15) is 0 Å². The molecular formula is C16H13N3O4S. The fraction of sp³-hybridized carbons (Fsp3) is 0.125. The molecule has 0 aliphatic heterocycles. The molecule has 0 saturated carbocycles. The van der Waals surface area contributed by atoms with Crippen molar-refractivity contribution in [2.24, 2.45) is 7.05 Å². The molecule has 0 saturated heterocycles. The molecule has 8 heteroatoms. The van der Waals surface area contributed by atoms with Crippen LogP contribution < -0.4 is 10.9 Å². The van der Waals surface area contributed by atoms with Crippen LogP contribution in [0.15, 0.2) is 35.4 Å². The maximum atomic E-state index is 12.5. The quantitative estimate of drug-likeness (QED) is 0.759. The van der Waals surface area contributed by atoms with Crippen molar-refractivity contribution in [2.45, 2.75) is 6.92 Å². The van der Waals surface area contributed by atoms with Gasteiger partial charge in [-0.3, -0.25) is 9.59 Å². The fourth-order valence-corrected chi connectivity index (χ4v) is 3.42. The number of carboxylic acids is 1. The van der Waals surface area contributed by atoms with E-state index in [4.69, 9.17) is 0 Å². The number of aromatic nitrogens is 2. The van der Waals surface area contributed by atoms with Gasteiger partial charge in [-0.25, -0.2) is 9.78 Å². The average molecular weight is 343 g/mol. The van der Waals surface area contributed by atoms with Gasteiger partial charge in [-0.1, -0.05) is 12.1 Å². The van der Waals surface area contributed by atoms with Crippen LogP contribution >= 0.6 is 11.3 Å². The number of rotatable bonds is 3. The predicted octanol–water partition coefficient (Wildman–Crippen LogP) is 2.25. The van der Waals surface area contributed by atoms with Gasteiger partial charge in [-0.15, -0.1) is 11.3 Å². The monoisotopic (exact) mass is 343 g/mol. The fourth-order valence-electron chi connectivity index (χ4n) is 2.38.